The van der Waals surface area contributed by atoms with Crippen LogP contribution in [-0.4, -0.2) is 36.1 Å². The van der Waals surface area contributed by atoms with Gasteiger partial charge in [0, 0.05) is 6.42 Å². The molecule has 104 valence electrons. The van der Waals surface area contributed by atoms with Crippen molar-refractivity contribution in [2.75, 3.05) is 13.1 Å². The minimum Gasteiger partial charge on any atom is -0.480 e. The van der Waals surface area contributed by atoms with Gasteiger partial charge in [-0.25, -0.2) is 4.79 Å². The minimum absolute atomic E-state index is 0.138. The molecule has 1 fully saturated rings. The summed E-state index contributed by atoms with van der Waals surface area (Å²) < 4.78 is 0. The second-order valence-corrected chi connectivity index (χ2v) is 5.00. The third-order valence-electron chi connectivity index (χ3n) is 3.39. The summed E-state index contributed by atoms with van der Waals surface area (Å²) in [6.45, 7) is 3.96. The van der Waals surface area contributed by atoms with Gasteiger partial charge in [-0.3, -0.25) is 4.79 Å². The lowest BCUT2D eigenvalue weighted by atomic mass is 9.94. The van der Waals surface area contributed by atoms with Crippen molar-refractivity contribution in [1.82, 2.24) is 10.6 Å². The van der Waals surface area contributed by atoms with Crippen LogP contribution in [0, 0.1) is 5.92 Å². The summed E-state index contributed by atoms with van der Waals surface area (Å²) in [7, 11) is 0. The summed E-state index contributed by atoms with van der Waals surface area (Å²) in [4.78, 5) is 22.6. The van der Waals surface area contributed by atoms with E-state index in [4.69, 9.17) is 5.11 Å². The van der Waals surface area contributed by atoms with Gasteiger partial charge in [-0.2, -0.15) is 0 Å². The highest BCUT2D eigenvalue weighted by atomic mass is 16.4. The number of carbonyl (C=O) groups is 2. The normalized spacial score (nSPS) is 21.3. The van der Waals surface area contributed by atoms with Crippen LogP contribution in [0.4, 0.5) is 0 Å². The zero-order valence-electron chi connectivity index (χ0n) is 11.1. The number of nitrogens with one attached hydrogen (secondary N) is 2. The van der Waals surface area contributed by atoms with Gasteiger partial charge in [0.15, 0.2) is 0 Å². The number of rotatable bonds is 7. The van der Waals surface area contributed by atoms with Crippen LogP contribution in [0.1, 0.15) is 45.4 Å². The maximum Gasteiger partial charge on any atom is 0.326 e. The molecule has 1 amide bonds. The molecule has 1 aliphatic heterocycles. The molecule has 0 radical (unpaired) electrons. The molecule has 0 aromatic rings. The monoisotopic (exact) mass is 256 g/mol. The van der Waals surface area contributed by atoms with Crippen molar-refractivity contribution in [2.45, 2.75) is 51.5 Å². The molecule has 1 heterocycles. The van der Waals surface area contributed by atoms with Gasteiger partial charge in [-0.05, 0) is 44.7 Å². The average Bonchev–Trinajstić information content (AvgIpc) is 2.37. The molecule has 0 bridgehead atoms. The van der Waals surface area contributed by atoms with E-state index < -0.39 is 12.0 Å². The molecular weight excluding hydrogens is 232 g/mol. The third kappa shape index (κ3) is 5.49. The summed E-state index contributed by atoms with van der Waals surface area (Å²) in [5.41, 5.74) is 0. The number of carboxylic acids is 1. The Morgan fingerprint density at radius 2 is 2.28 bits per heavy atom. The first-order valence-corrected chi connectivity index (χ1v) is 6.86. The Balaban J connectivity index is 2.24. The van der Waals surface area contributed by atoms with Gasteiger partial charge in [-0.1, -0.05) is 13.3 Å². The van der Waals surface area contributed by atoms with Crippen LogP contribution in [-0.2, 0) is 9.59 Å². The Morgan fingerprint density at radius 1 is 1.50 bits per heavy atom. The highest BCUT2D eigenvalue weighted by Gasteiger charge is 2.20. The van der Waals surface area contributed by atoms with E-state index in [9.17, 15) is 9.59 Å². The van der Waals surface area contributed by atoms with E-state index in [0.717, 1.165) is 32.4 Å². The van der Waals surface area contributed by atoms with Crippen molar-refractivity contribution in [3.63, 3.8) is 0 Å². The molecule has 1 saturated heterocycles. The second kappa shape index (κ2) is 8.08. The summed E-state index contributed by atoms with van der Waals surface area (Å²) in [6.07, 6.45) is 4.85. The zero-order chi connectivity index (χ0) is 13.4. The van der Waals surface area contributed by atoms with Crippen LogP contribution < -0.4 is 10.6 Å². The Labute approximate surface area is 108 Å². The van der Waals surface area contributed by atoms with Crippen LogP contribution in [0.3, 0.4) is 0 Å². The topological polar surface area (TPSA) is 78.4 Å². The van der Waals surface area contributed by atoms with Crippen LogP contribution in [0.5, 0.6) is 0 Å². The smallest absolute Gasteiger partial charge is 0.326 e. The molecule has 2 atom stereocenters. The minimum atomic E-state index is -0.940. The van der Waals surface area contributed by atoms with Gasteiger partial charge in [0.05, 0.1) is 0 Å². The molecule has 18 heavy (non-hydrogen) atoms. The first-order chi connectivity index (χ1) is 8.63. The molecule has 0 aromatic carbocycles. The Kier molecular flexibility index (Phi) is 6.72. The van der Waals surface area contributed by atoms with E-state index in [-0.39, 0.29) is 5.91 Å². The van der Waals surface area contributed by atoms with Crippen molar-refractivity contribution >= 4 is 11.9 Å². The van der Waals surface area contributed by atoms with E-state index in [0.29, 0.717) is 18.8 Å². The lowest BCUT2D eigenvalue weighted by Crippen LogP contribution is -2.41. The second-order valence-electron chi connectivity index (χ2n) is 5.00. The number of aliphatic carboxylic acids is 1. The standard InChI is InChI=1S/C13H24N2O3/c1-2-4-11(13(17)18)15-12(16)7-6-10-5-3-8-14-9-10/h10-11,14H,2-9H2,1H3,(H,15,16)(H,17,18)/t10?,11-/m0/s1. The maximum atomic E-state index is 11.7. The number of amides is 1. The number of hydrogen-bond acceptors (Lipinski definition) is 3. The van der Waals surface area contributed by atoms with Gasteiger partial charge < -0.3 is 15.7 Å². The van der Waals surface area contributed by atoms with Crippen molar-refractivity contribution in [1.29, 1.82) is 0 Å². The van der Waals surface area contributed by atoms with Crippen molar-refractivity contribution in [2.24, 2.45) is 5.92 Å². The average molecular weight is 256 g/mol. The summed E-state index contributed by atoms with van der Waals surface area (Å²) in [5.74, 6) is -0.523. The Bertz CT molecular complexity index is 275. The van der Waals surface area contributed by atoms with Gasteiger partial charge >= 0.3 is 5.97 Å². The van der Waals surface area contributed by atoms with Gasteiger partial charge in [0.1, 0.15) is 6.04 Å². The third-order valence-corrected chi connectivity index (χ3v) is 3.39. The summed E-state index contributed by atoms with van der Waals surface area (Å²) >= 11 is 0. The molecule has 0 aliphatic carbocycles. The first kappa shape index (κ1) is 15.0. The van der Waals surface area contributed by atoms with Gasteiger partial charge in [0.2, 0.25) is 5.91 Å². The van der Waals surface area contributed by atoms with Gasteiger partial charge in [-0.15, -0.1) is 0 Å². The SMILES string of the molecule is CCC[C@H](NC(=O)CCC1CCCNC1)C(=O)O. The van der Waals surface area contributed by atoms with E-state index in [1.807, 2.05) is 6.92 Å². The fourth-order valence-electron chi connectivity index (χ4n) is 2.32. The van der Waals surface area contributed by atoms with E-state index in [2.05, 4.69) is 10.6 Å². The summed E-state index contributed by atoms with van der Waals surface area (Å²) in [6, 6.07) is -0.730. The molecule has 5 heteroatoms. The molecule has 1 unspecified atom stereocenters. The number of carboxylic acid groups (broad SMARTS) is 1. The predicted octanol–water partition coefficient (Wildman–Crippen LogP) is 1.14. The van der Waals surface area contributed by atoms with Crippen molar-refractivity contribution in [3.8, 4) is 0 Å². The molecule has 5 nitrogen and oxygen atoms in total. The molecule has 3 N–H and O–H groups in total. The lowest BCUT2D eigenvalue weighted by Gasteiger charge is -2.22. The van der Waals surface area contributed by atoms with Crippen molar-refractivity contribution < 1.29 is 14.7 Å². The van der Waals surface area contributed by atoms with Gasteiger partial charge in [0.25, 0.3) is 0 Å². The van der Waals surface area contributed by atoms with Crippen LogP contribution in [0.2, 0.25) is 0 Å². The first-order valence-electron chi connectivity index (χ1n) is 6.86. The molecule has 0 aromatic heterocycles. The molecule has 1 aliphatic rings. The van der Waals surface area contributed by atoms with Crippen LogP contribution >= 0.6 is 0 Å². The molecule has 1 rings (SSSR count). The molecular formula is C13H24N2O3. The predicted molar refractivity (Wildman–Crippen MR) is 69.3 cm³/mol. The van der Waals surface area contributed by atoms with E-state index in [1.165, 1.54) is 6.42 Å². The summed E-state index contributed by atoms with van der Waals surface area (Å²) in [5, 5.41) is 14.9. The van der Waals surface area contributed by atoms with Crippen LogP contribution in [0.25, 0.3) is 0 Å². The zero-order valence-corrected chi connectivity index (χ0v) is 11.1. The highest BCUT2D eigenvalue weighted by molar-refractivity contribution is 5.83. The maximum absolute atomic E-state index is 11.7. The quantitative estimate of drug-likeness (QED) is 0.638. The fraction of sp³-hybridized carbons (Fsp3) is 0.846. The Morgan fingerprint density at radius 3 is 2.83 bits per heavy atom. The Hall–Kier alpha value is -1.10. The molecule has 0 saturated carbocycles. The highest BCUT2D eigenvalue weighted by Crippen LogP contribution is 2.15. The largest absolute Gasteiger partial charge is 0.480 e. The number of piperidine rings is 1. The number of carbonyl (C=O) groups excluding carboxylic acids is 1. The van der Waals surface area contributed by atoms with E-state index >= 15 is 0 Å². The number of hydrogen-bond donors (Lipinski definition) is 3. The lowest BCUT2D eigenvalue weighted by molar-refractivity contribution is -0.142. The van der Waals surface area contributed by atoms with Crippen LogP contribution in [0.15, 0.2) is 0 Å². The van der Waals surface area contributed by atoms with Crippen molar-refractivity contribution in [3.05, 3.63) is 0 Å². The fourth-order valence-corrected chi connectivity index (χ4v) is 2.32. The van der Waals surface area contributed by atoms with E-state index in [1.54, 1.807) is 0 Å². The molecule has 0 spiro atoms.